The quantitative estimate of drug-likeness (QED) is 0.665. The van der Waals surface area contributed by atoms with Crippen molar-refractivity contribution < 1.29 is 4.39 Å². The van der Waals surface area contributed by atoms with Crippen molar-refractivity contribution in [3.8, 4) is 0 Å². The minimum atomic E-state index is -0.264. The zero-order valence-corrected chi connectivity index (χ0v) is 8.53. The first-order valence-corrected chi connectivity index (χ1v) is 4.64. The first kappa shape index (κ1) is 10.3. The van der Waals surface area contributed by atoms with Crippen LogP contribution in [0.2, 0.25) is 5.02 Å². The maximum atomic E-state index is 13.2. The predicted octanol–water partition coefficient (Wildman–Crippen LogP) is 4.29. The van der Waals surface area contributed by atoms with Crippen LogP contribution in [-0.2, 0) is 0 Å². The van der Waals surface area contributed by atoms with Gasteiger partial charge in [0.25, 0.3) is 0 Å². The molecule has 0 N–H and O–H groups in total. The molecule has 1 aromatic carbocycles. The molecule has 1 aromatic rings. The van der Waals surface area contributed by atoms with Crippen LogP contribution < -0.4 is 0 Å². The van der Waals surface area contributed by atoms with Crippen molar-refractivity contribution in [2.24, 2.45) is 0 Å². The Kier molecular flexibility index (Phi) is 3.49. The third-order valence-corrected chi connectivity index (χ3v) is 2.28. The molecule has 0 nitrogen and oxygen atoms in total. The lowest BCUT2D eigenvalue weighted by atomic mass is 10.1. The molecule has 0 aliphatic heterocycles. The number of hydrogen-bond donors (Lipinski definition) is 0. The van der Waals surface area contributed by atoms with E-state index in [0.29, 0.717) is 10.6 Å². The van der Waals surface area contributed by atoms with E-state index in [-0.39, 0.29) is 5.82 Å². The molecule has 13 heavy (non-hydrogen) atoms. The molecule has 2 heteroatoms. The summed E-state index contributed by atoms with van der Waals surface area (Å²) in [6.07, 6.45) is 2.70. The van der Waals surface area contributed by atoms with Crippen LogP contribution in [0.25, 0.3) is 6.08 Å². The second-order valence-electron chi connectivity index (χ2n) is 2.98. The first-order valence-electron chi connectivity index (χ1n) is 4.26. The Morgan fingerprint density at radius 1 is 1.54 bits per heavy atom. The van der Waals surface area contributed by atoms with Gasteiger partial charge in [-0.15, -0.1) is 0 Å². The molecule has 0 aliphatic rings. The Morgan fingerprint density at radius 3 is 2.77 bits per heavy atom. The molecule has 0 saturated carbocycles. The van der Waals surface area contributed by atoms with Gasteiger partial charge in [-0.25, -0.2) is 4.39 Å². The van der Waals surface area contributed by atoms with E-state index in [1.807, 2.05) is 13.8 Å². The Morgan fingerprint density at radius 2 is 2.23 bits per heavy atom. The number of halogens is 2. The van der Waals surface area contributed by atoms with Crippen LogP contribution >= 0.6 is 11.6 Å². The maximum absolute atomic E-state index is 13.2. The van der Waals surface area contributed by atoms with Crippen molar-refractivity contribution in [1.82, 2.24) is 0 Å². The molecule has 0 saturated heterocycles. The van der Waals surface area contributed by atoms with E-state index in [2.05, 4.69) is 0 Å². The molecule has 70 valence electrons. The third kappa shape index (κ3) is 2.56. The molecule has 0 atom stereocenters. The summed E-state index contributed by atoms with van der Waals surface area (Å²) in [5, 5.41) is 0.466. The fourth-order valence-electron chi connectivity index (χ4n) is 0.997. The minimum Gasteiger partial charge on any atom is -0.206 e. The molecule has 0 spiro atoms. The Balaban J connectivity index is 3.14. The van der Waals surface area contributed by atoms with Gasteiger partial charge in [0.05, 0.1) is 5.02 Å². The van der Waals surface area contributed by atoms with Crippen molar-refractivity contribution in [3.63, 3.8) is 0 Å². The lowest BCUT2D eigenvalue weighted by molar-refractivity contribution is 0.625. The Bertz CT molecular complexity index is 309. The molecular formula is C11H12ClF. The van der Waals surface area contributed by atoms with E-state index >= 15 is 0 Å². The van der Waals surface area contributed by atoms with Crippen LogP contribution in [0.1, 0.15) is 25.8 Å². The highest BCUT2D eigenvalue weighted by atomic mass is 35.5. The number of rotatable bonds is 2. The summed E-state index contributed by atoms with van der Waals surface area (Å²) in [5.74, 6) is -0.264. The van der Waals surface area contributed by atoms with E-state index in [9.17, 15) is 4.39 Å². The van der Waals surface area contributed by atoms with E-state index in [4.69, 9.17) is 11.6 Å². The van der Waals surface area contributed by atoms with Crippen LogP contribution in [0.5, 0.6) is 0 Å². The van der Waals surface area contributed by atoms with Gasteiger partial charge in [-0.2, -0.15) is 0 Å². The van der Waals surface area contributed by atoms with E-state index in [1.54, 1.807) is 18.2 Å². The first-order chi connectivity index (χ1) is 6.15. The second-order valence-corrected chi connectivity index (χ2v) is 3.39. The molecule has 0 aromatic heterocycles. The molecule has 0 bridgehead atoms. The van der Waals surface area contributed by atoms with Crippen molar-refractivity contribution >= 4 is 17.7 Å². The zero-order valence-electron chi connectivity index (χ0n) is 7.77. The maximum Gasteiger partial charge on any atom is 0.131 e. The van der Waals surface area contributed by atoms with Crippen molar-refractivity contribution in [2.75, 3.05) is 0 Å². The fourth-order valence-corrected chi connectivity index (χ4v) is 1.21. The van der Waals surface area contributed by atoms with Crippen molar-refractivity contribution in [1.29, 1.82) is 0 Å². The largest absolute Gasteiger partial charge is 0.206 e. The molecule has 0 radical (unpaired) electrons. The Labute approximate surface area is 83.0 Å². The summed E-state index contributed by atoms with van der Waals surface area (Å²) in [6, 6.07) is 4.72. The van der Waals surface area contributed by atoms with Crippen molar-refractivity contribution in [3.05, 3.63) is 40.2 Å². The van der Waals surface area contributed by atoms with Crippen LogP contribution in [0.3, 0.4) is 0 Å². The lowest BCUT2D eigenvalue weighted by Crippen LogP contribution is -1.84. The average Bonchev–Trinajstić information content (AvgIpc) is 2.11. The van der Waals surface area contributed by atoms with Gasteiger partial charge in [0.1, 0.15) is 5.82 Å². The summed E-state index contributed by atoms with van der Waals surface area (Å²) < 4.78 is 13.2. The third-order valence-electron chi connectivity index (χ3n) is 1.95. The van der Waals surface area contributed by atoms with Gasteiger partial charge < -0.3 is 0 Å². The fraction of sp³-hybridized carbons (Fsp3) is 0.273. The normalized spacial score (nSPS) is 11.8. The summed E-state index contributed by atoms with van der Waals surface area (Å²) in [6.45, 7) is 3.99. The molecular weight excluding hydrogens is 187 g/mol. The number of hydrogen-bond acceptors (Lipinski definition) is 0. The summed E-state index contributed by atoms with van der Waals surface area (Å²) in [4.78, 5) is 0. The molecule has 1 rings (SSSR count). The van der Waals surface area contributed by atoms with Crippen LogP contribution in [0.15, 0.2) is 23.8 Å². The Hall–Kier alpha value is -0.820. The minimum absolute atomic E-state index is 0.264. The summed E-state index contributed by atoms with van der Waals surface area (Å²) in [7, 11) is 0. The van der Waals surface area contributed by atoms with Gasteiger partial charge in [-0.3, -0.25) is 0 Å². The SMILES string of the molecule is CC/C(C)=C/c1c(F)cccc1Cl. The van der Waals surface area contributed by atoms with Gasteiger partial charge in [0.15, 0.2) is 0 Å². The monoisotopic (exact) mass is 198 g/mol. The van der Waals surface area contributed by atoms with Crippen molar-refractivity contribution in [2.45, 2.75) is 20.3 Å². The van der Waals surface area contributed by atoms with Gasteiger partial charge in [-0.05, 0) is 25.5 Å². The average molecular weight is 199 g/mol. The molecule has 0 aliphatic carbocycles. The zero-order chi connectivity index (χ0) is 9.84. The lowest BCUT2D eigenvalue weighted by Gasteiger charge is -2.01. The second kappa shape index (κ2) is 4.43. The highest BCUT2D eigenvalue weighted by molar-refractivity contribution is 6.32. The highest BCUT2D eigenvalue weighted by Crippen LogP contribution is 2.22. The van der Waals surface area contributed by atoms with E-state index < -0.39 is 0 Å². The molecule has 0 unspecified atom stereocenters. The van der Waals surface area contributed by atoms with Crippen LogP contribution in [0, 0.1) is 5.82 Å². The number of allylic oxidation sites excluding steroid dienone is 1. The summed E-state index contributed by atoms with van der Waals surface area (Å²) in [5.41, 5.74) is 1.61. The van der Waals surface area contributed by atoms with Gasteiger partial charge >= 0.3 is 0 Å². The highest BCUT2D eigenvalue weighted by Gasteiger charge is 2.03. The van der Waals surface area contributed by atoms with E-state index in [0.717, 1.165) is 12.0 Å². The molecule has 0 heterocycles. The molecule has 0 fully saturated rings. The van der Waals surface area contributed by atoms with Gasteiger partial charge in [-0.1, -0.05) is 36.2 Å². The van der Waals surface area contributed by atoms with E-state index in [1.165, 1.54) is 6.07 Å². The number of benzene rings is 1. The standard InChI is InChI=1S/C11H12ClF/c1-3-8(2)7-9-10(12)5-4-6-11(9)13/h4-7H,3H2,1-2H3/b8-7+. The van der Waals surface area contributed by atoms with Crippen LogP contribution in [0.4, 0.5) is 4.39 Å². The topological polar surface area (TPSA) is 0 Å². The van der Waals surface area contributed by atoms with Gasteiger partial charge in [0.2, 0.25) is 0 Å². The van der Waals surface area contributed by atoms with Gasteiger partial charge in [0, 0.05) is 5.56 Å². The smallest absolute Gasteiger partial charge is 0.131 e. The molecule has 0 amide bonds. The van der Waals surface area contributed by atoms with Crippen LogP contribution in [-0.4, -0.2) is 0 Å². The predicted molar refractivity (Wildman–Crippen MR) is 55.4 cm³/mol. The summed E-state index contributed by atoms with van der Waals surface area (Å²) >= 11 is 5.85.